The van der Waals surface area contributed by atoms with Crippen LogP contribution in [0.4, 0.5) is 0 Å². The first-order valence-corrected chi connectivity index (χ1v) is 8.82. The summed E-state index contributed by atoms with van der Waals surface area (Å²) in [6.45, 7) is 9.38. The Kier molecular flexibility index (Phi) is 2.82. The van der Waals surface area contributed by atoms with Crippen molar-refractivity contribution in [1.29, 1.82) is 0 Å². The van der Waals surface area contributed by atoms with Crippen LogP contribution in [-0.2, 0) is 0 Å². The largest absolute Gasteiger partial charge is 0.122 e. The van der Waals surface area contributed by atoms with E-state index in [4.69, 9.17) is 0 Å². The summed E-state index contributed by atoms with van der Waals surface area (Å²) in [4.78, 5) is 0. The van der Waals surface area contributed by atoms with Gasteiger partial charge in [-0.25, -0.2) is 0 Å². The zero-order chi connectivity index (χ0) is 6.08. The van der Waals surface area contributed by atoms with Gasteiger partial charge >= 0.3 is 0 Å². The van der Waals surface area contributed by atoms with Crippen molar-refractivity contribution in [2.45, 2.75) is 32.5 Å². The maximum Gasteiger partial charge on any atom is 0.122 e. The van der Waals surface area contributed by atoms with Gasteiger partial charge in [-0.3, -0.25) is 0 Å². The van der Waals surface area contributed by atoms with Gasteiger partial charge in [-0.1, -0.05) is 26.9 Å². The second-order valence-electron chi connectivity index (χ2n) is 2.72. The molecule has 0 aromatic carbocycles. The van der Waals surface area contributed by atoms with E-state index in [2.05, 4.69) is 48.7 Å². The number of halogens is 1. The molecule has 0 aliphatic carbocycles. The Hall–Kier alpha value is 0.947. The van der Waals surface area contributed by atoms with Crippen LogP contribution in [0.2, 0.25) is 18.6 Å². The highest BCUT2D eigenvalue weighted by atomic mass is 127. The summed E-state index contributed by atoms with van der Waals surface area (Å²) in [6.07, 6.45) is 0. The van der Waals surface area contributed by atoms with E-state index in [9.17, 15) is 0 Å². The third kappa shape index (κ3) is 3.52. The summed E-state index contributed by atoms with van der Waals surface area (Å²) in [7, 11) is 0. The highest BCUT2D eigenvalue weighted by Gasteiger charge is 2.19. The van der Waals surface area contributed by atoms with Crippen molar-refractivity contribution < 1.29 is 0 Å². The van der Waals surface area contributed by atoms with Crippen LogP contribution in [-0.4, -0.2) is 5.57 Å². The van der Waals surface area contributed by atoms with Crippen LogP contribution < -0.4 is 0 Å². The fraction of sp³-hybridized carbons (Fsp3) is 1.00. The molecule has 0 fully saturated rings. The molecule has 0 amide bonds. The highest BCUT2D eigenvalue weighted by molar-refractivity contribution is 14.1. The lowest BCUT2D eigenvalue weighted by Crippen LogP contribution is -2.19. The molecule has 0 bridgehead atoms. The Bertz CT molecular complexity index is 53.6. The average Bonchev–Trinajstić information content (AvgIpc) is 1.31. The number of hydrogen-bond acceptors (Lipinski definition) is 0. The van der Waals surface area contributed by atoms with Gasteiger partial charge < -0.3 is 0 Å². The van der Waals surface area contributed by atoms with Crippen LogP contribution in [0.5, 0.6) is 0 Å². The fourth-order valence-electron chi connectivity index (χ4n) is 0. The Balaban J connectivity index is 3.54. The van der Waals surface area contributed by atoms with Crippen molar-refractivity contribution in [2.75, 3.05) is 0 Å². The molecule has 44 valence electrons. The van der Waals surface area contributed by atoms with Crippen molar-refractivity contribution >= 4 is 27.4 Å². The Morgan fingerprint density at radius 1 is 1.29 bits per heavy atom. The SMILES string of the molecule is CC(C)[Si](C)(C)I. The molecule has 0 atom stereocenters. The van der Waals surface area contributed by atoms with Crippen LogP contribution in [0, 0.1) is 0 Å². The zero-order valence-corrected chi connectivity index (χ0v) is 8.61. The predicted octanol–water partition coefficient (Wildman–Crippen LogP) is 3.04. The summed E-state index contributed by atoms with van der Waals surface area (Å²) in [6, 6.07) is 0. The van der Waals surface area contributed by atoms with E-state index < -0.39 is 5.57 Å². The molecule has 0 aromatic rings. The second-order valence-corrected chi connectivity index (χ2v) is 15.3. The average molecular weight is 228 g/mol. The van der Waals surface area contributed by atoms with Gasteiger partial charge in [0.2, 0.25) is 0 Å². The molecule has 0 rings (SSSR count). The van der Waals surface area contributed by atoms with Crippen molar-refractivity contribution in [3.05, 3.63) is 0 Å². The molecule has 7 heavy (non-hydrogen) atoms. The molecule has 2 heteroatoms. The van der Waals surface area contributed by atoms with E-state index in [0.29, 0.717) is 0 Å². The Morgan fingerprint density at radius 3 is 1.43 bits per heavy atom. The first-order valence-electron chi connectivity index (χ1n) is 2.63. The lowest BCUT2D eigenvalue weighted by Gasteiger charge is -2.17. The summed E-state index contributed by atoms with van der Waals surface area (Å²) < 4.78 is 0. The summed E-state index contributed by atoms with van der Waals surface area (Å²) in [5.74, 6) is 0. The van der Waals surface area contributed by atoms with Crippen molar-refractivity contribution in [2.24, 2.45) is 0 Å². The van der Waals surface area contributed by atoms with Gasteiger partial charge in [0.15, 0.2) is 0 Å². The molecule has 0 nitrogen and oxygen atoms in total. The van der Waals surface area contributed by atoms with Gasteiger partial charge in [-0.15, -0.1) is 21.8 Å². The van der Waals surface area contributed by atoms with Crippen molar-refractivity contribution in [3.63, 3.8) is 0 Å². The quantitative estimate of drug-likeness (QED) is 0.367. The van der Waals surface area contributed by atoms with E-state index >= 15 is 0 Å². The number of hydrogen-bond donors (Lipinski definition) is 0. The third-order valence-electron chi connectivity index (χ3n) is 1.37. The monoisotopic (exact) mass is 228 g/mol. The first-order chi connectivity index (χ1) is 2.94. The second kappa shape index (κ2) is 2.48. The van der Waals surface area contributed by atoms with Crippen molar-refractivity contribution in [1.82, 2.24) is 0 Å². The van der Waals surface area contributed by atoms with Gasteiger partial charge in [0.05, 0.1) is 0 Å². The molecule has 0 N–H and O–H groups in total. The van der Waals surface area contributed by atoms with Gasteiger partial charge in [-0.2, -0.15) is 0 Å². The molecule has 0 heterocycles. The first kappa shape index (κ1) is 7.95. The fourth-order valence-corrected chi connectivity index (χ4v) is 0. The smallest absolute Gasteiger partial charge is 0.119 e. The standard InChI is InChI=1S/C5H13ISi/c1-5(2)7(3,4)6/h5H,1-4H3. The van der Waals surface area contributed by atoms with Crippen LogP contribution >= 0.6 is 21.8 Å². The molecule has 0 aliphatic heterocycles. The van der Waals surface area contributed by atoms with E-state index in [1.165, 1.54) is 0 Å². The molecular weight excluding hydrogens is 215 g/mol. The lowest BCUT2D eigenvalue weighted by molar-refractivity contribution is 1.04. The molecule has 0 aliphatic rings. The summed E-state index contributed by atoms with van der Waals surface area (Å²) in [5.41, 5.74) is 0.160. The minimum Gasteiger partial charge on any atom is -0.119 e. The Labute approximate surface area is 59.9 Å². The van der Waals surface area contributed by atoms with Crippen LogP contribution in [0.15, 0.2) is 0 Å². The van der Waals surface area contributed by atoms with Crippen LogP contribution in [0.1, 0.15) is 13.8 Å². The summed E-state index contributed by atoms with van der Waals surface area (Å²) >= 11 is 2.61. The maximum absolute atomic E-state index is 2.61. The Morgan fingerprint density at radius 2 is 1.43 bits per heavy atom. The molecule has 0 radical (unpaired) electrons. The normalized spacial score (nSPS) is 12.9. The number of rotatable bonds is 1. The third-order valence-corrected chi connectivity index (χ3v) is 7.86. The molecule has 0 saturated carbocycles. The predicted molar refractivity (Wildman–Crippen MR) is 46.6 cm³/mol. The summed E-state index contributed by atoms with van der Waals surface area (Å²) in [5, 5.41) is 0. The van der Waals surface area contributed by atoms with E-state index in [1.54, 1.807) is 0 Å². The molecular formula is C5H13ISi. The maximum atomic E-state index is 2.61. The van der Waals surface area contributed by atoms with Gasteiger partial charge in [0.1, 0.15) is 5.57 Å². The zero-order valence-electron chi connectivity index (χ0n) is 5.46. The topological polar surface area (TPSA) is 0 Å². The van der Waals surface area contributed by atoms with Gasteiger partial charge in [0, 0.05) is 0 Å². The van der Waals surface area contributed by atoms with Crippen LogP contribution in [0.3, 0.4) is 0 Å². The van der Waals surface area contributed by atoms with E-state index in [0.717, 1.165) is 5.54 Å². The molecule has 0 spiro atoms. The molecule has 0 aromatic heterocycles. The van der Waals surface area contributed by atoms with E-state index in [-0.39, 0.29) is 0 Å². The van der Waals surface area contributed by atoms with E-state index in [1.807, 2.05) is 0 Å². The van der Waals surface area contributed by atoms with Gasteiger partial charge in [0.25, 0.3) is 0 Å². The highest BCUT2D eigenvalue weighted by Crippen LogP contribution is 2.26. The minimum absolute atomic E-state index is 0.765. The van der Waals surface area contributed by atoms with Gasteiger partial charge in [-0.05, 0) is 5.54 Å². The lowest BCUT2D eigenvalue weighted by atomic mass is 10.6. The minimum atomic E-state index is -0.765. The molecule has 0 unspecified atom stereocenters. The van der Waals surface area contributed by atoms with Crippen LogP contribution in [0.25, 0.3) is 0 Å². The molecule has 0 saturated heterocycles. The van der Waals surface area contributed by atoms with Crippen molar-refractivity contribution in [3.8, 4) is 0 Å².